The van der Waals surface area contributed by atoms with Crippen molar-refractivity contribution < 1.29 is 32.6 Å². The summed E-state index contributed by atoms with van der Waals surface area (Å²) in [4.78, 5) is 28.1. The van der Waals surface area contributed by atoms with Gasteiger partial charge < -0.3 is 14.7 Å². The van der Waals surface area contributed by atoms with Gasteiger partial charge in [0.1, 0.15) is 5.69 Å². The van der Waals surface area contributed by atoms with Crippen LogP contribution in [0.5, 0.6) is 0 Å². The van der Waals surface area contributed by atoms with E-state index in [1.54, 1.807) is 0 Å². The number of alkyl halides is 3. The average Bonchev–Trinajstić information content (AvgIpc) is 3.47. The first-order valence-corrected chi connectivity index (χ1v) is 11.3. The standard InChI is InChI=1S/C20H22N2O2S.C2HF3O2/c23-19(18-8-7-15-3-1-2-4-17(15)21-18)22-12-20(13-22)9-16(11-25-20)24-10-14-5-6-14;3-2(4,5)1(6)7/h1-4,7-8,14,16H,5-6,9-13H2;(H,6,7). The summed E-state index contributed by atoms with van der Waals surface area (Å²) in [5.41, 5.74) is 1.44. The highest BCUT2D eigenvalue weighted by Gasteiger charge is 2.51. The fourth-order valence-electron chi connectivity index (χ4n) is 3.83. The maximum atomic E-state index is 12.7. The summed E-state index contributed by atoms with van der Waals surface area (Å²) >= 11 is 1.99. The number of carbonyl (C=O) groups is 2. The maximum Gasteiger partial charge on any atom is 0.490 e. The van der Waals surface area contributed by atoms with Gasteiger partial charge in [-0.1, -0.05) is 24.3 Å². The van der Waals surface area contributed by atoms with E-state index >= 15 is 0 Å². The molecule has 3 heterocycles. The van der Waals surface area contributed by atoms with Crippen LogP contribution in [-0.2, 0) is 9.53 Å². The molecule has 1 aliphatic carbocycles. The lowest BCUT2D eigenvalue weighted by Crippen LogP contribution is -2.60. The molecule has 1 spiro atoms. The number of likely N-dealkylation sites (tertiary alicyclic amines) is 1. The molecule has 1 aromatic carbocycles. The third-order valence-electron chi connectivity index (χ3n) is 5.74. The normalized spacial score (nSPS) is 21.7. The van der Waals surface area contributed by atoms with Crippen molar-refractivity contribution in [3.63, 3.8) is 0 Å². The van der Waals surface area contributed by atoms with Gasteiger partial charge in [0.05, 0.1) is 16.4 Å². The first-order chi connectivity index (χ1) is 15.2. The minimum atomic E-state index is -5.08. The Morgan fingerprint density at radius 1 is 1.19 bits per heavy atom. The molecule has 1 unspecified atom stereocenters. The van der Waals surface area contributed by atoms with E-state index in [1.807, 2.05) is 53.1 Å². The molecule has 172 valence electrons. The van der Waals surface area contributed by atoms with Gasteiger partial charge in [0.25, 0.3) is 5.91 Å². The van der Waals surface area contributed by atoms with Crippen molar-refractivity contribution in [2.45, 2.75) is 36.3 Å². The number of benzene rings is 1. The van der Waals surface area contributed by atoms with E-state index in [1.165, 1.54) is 12.8 Å². The molecule has 1 saturated carbocycles. The summed E-state index contributed by atoms with van der Waals surface area (Å²) in [5, 5.41) is 8.20. The number of rotatable bonds is 4. The Bertz CT molecular complexity index is 1010. The third-order valence-corrected chi connectivity index (χ3v) is 7.32. The monoisotopic (exact) mass is 468 g/mol. The number of carboxylic acid groups (broad SMARTS) is 1. The molecule has 1 aromatic heterocycles. The topological polar surface area (TPSA) is 79.7 Å². The number of fused-ring (bicyclic) bond motifs is 1. The molecule has 1 atom stereocenters. The van der Waals surface area contributed by atoms with Gasteiger partial charge in [-0.05, 0) is 37.3 Å². The van der Waals surface area contributed by atoms with Crippen molar-refractivity contribution >= 4 is 34.5 Å². The summed E-state index contributed by atoms with van der Waals surface area (Å²) in [5.74, 6) is -0.810. The van der Waals surface area contributed by atoms with Crippen molar-refractivity contribution in [1.82, 2.24) is 9.88 Å². The lowest BCUT2D eigenvalue weighted by Gasteiger charge is -2.47. The smallest absolute Gasteiger partial charge is 0.475 e. The van der Waals surface area contributed by atoms with E-state index in [-0.39, 0.29) is 10.7 Å². The van der Waals surface area contributed by atoms with Crippen molar-refractivity contribution in [3.05, 3.63) is 42.1 Å². The van der Waals surface area contributed by atoms with E-state index < -0.39 is 12.1 Å². The number of carbonyl (C=O) groups excluding carboxylic acids is 1. The minimum Gasteiger partial charge on any atom is -0.475 e. The number of aromatic nitrogens is 1. The first-order valence-electron chi connectivity index (χ1n) is 10.4. The van der Waals surface area contributed by atoms with Crippen LogP contribution in [0.1, 0.15) is 29.8 Å². The number of para-hydroxylation sites is 1. The lowest BCUT2D eigenvalue weighted by molar-refractivity contribution is -0.192. The highest BCUT2D eigenvalue weighted by molar-refractivity contribution is 8.01. The molecule has 3 fully saturated rings. The van der Waals surface area contributed by atoms with Crippen LogP contribution in [0, 0.1) is 5.92 Å². The number of ether oxygens (including phenoxy) is 1. The quantitative estimate of drug-likeness (QED) is 0.731. The highest BCUT2D eigenvalue weighted by Crippen LogP contribution is 2.46. The molecule has 5 rings (SSSR count). The number of amides is 1. The summed E-state index contributed by atoms with van der Waals surface area (Å²) < 4.78 is 38.0. The van der Waals surface area contributed by atoms with Crippen LogP contribution in [0.25, 0.3) is 10.9 Å². The summed E-state index contributed by atoms with van der Waals surface area (Å²) in [6.45, 7) is 2.59. The van der Waals surface area contributed by atoms with Gasteiger partial charge in [-0.2, -0.15) is 13.2 Å². The fourth-order valence-corrected chi connectivity index (χ4v) is 5.38. The van der Waals surface area contributed by atoms with Gasteiger partial charge >= 0.3 is 12.1 Å². The maximum absolute atomic E-state index is 12.7. The number of hydrogen-bond donors (Lipinski definition) is 1. The van der Waals surface area contributed by atoms with Crippen molar-refractivity contribution in [2.75, 3.05) is 25.4 Å². The van der Waals surface area contributed by atoms with Gasteiger partial charge in [0.15, 0.2) is 0 Å². The van der Waals surface area contributed by atoms with Crippen LogP contribution in [0.4, 0.5) is 13.2 Å². The SMILES string of the molecule is O=C(O)C(F)(F)F.O=C(c1ccc2ccccc2n1)N1CC2(CC(OCC3CC3)CS2)C1. The molecular weight excluding hydrogens is 445 g/mol. The molecule has 0 radical (unpaired) electrons. The average molecular weight is 468 g/mol. The Kier molecular flexibility index (Phi) is 6.35. The molecule has 32 heavy (non-hydrogen) atoms. The number of thioether (sulfide) groups is 1. The number of nitrogens with zero attached hydrogens (tertiary/aromatic N) is 2. The van der Waals surface area contributed by atoms with Crippen molar-refractivity contribution in [1.29, 1.82) is 0 Å². The van der Waals surface area contributed by atoms with E-state index in [0.29, 0.717) is 11.8 Å². The second-order valence-corrected chi connectivity index (χ2v) is 9.94. The molecule has 10 heteroatoms. The van der Waals surface area contributed by atoms with Crippen LogP contribution in [0.2, 0.25) is 0 Å². The molecule has 1 amide bonds. The number of carboxylic acids is 1. The van der Waals surface area contributed by atoms with E-state index in [4.69, 9.17) is 14.6 Å². The van der Waals surface area contributed by atoms with Crippen LogP contribution in [0.3, 0.4) is 0 Å². The molecule has 1 N–H and O–H groups in total. The van der Waals surface area contributed by atoms with Gasteiger partial charge in [-0.3, -0.25) is 4.79 Å². The van der Waals surface area contributed by atoms with Crippen LogP contribution >= 0.6 is 11.8 Å². The van der Waals surface area contributed by atoms with Crippen molar-refractivity contribution in [2.24, 2.45) is 5.92 Å². The van der Waals surface area contributed by atoms with Gasteiger partial charge in [-0.25, -0.2) is 9.78 Å². The molecular formula is C22H23F3N2O4S. The summed E-state index contributed by atoms with van der Waals surface area (Å²) in [6, 6.07) is 11.8. The van der Waals surface area contributed by atoms with Gasteiger partial charge in [0.2, 0.25) is 0 Å². The fraction of sp³-hybridized carbons (Fsp3) is 0.500. The molecule has 2 aromatic rings. The predicted molar refractivity (Wildman–Crippen MR) is 114 cm³/mol. The Hall–Kier alpha value is -2.33. The van der Waals surface area contributed by atoms with E-state index in [9.17, 15) is 18.0 Å². The molecule has 2 saturated heterocycles. The summed E-state index contributed by atoms with van der Waals surface area (Å²) in [7, 11) is 0. The summed E-state index contributed by atoms with van der Waals surface area (Å²) in [6.07, 6.45) is -0.945. The third kappa shape index (κ3) is 5.35. The highest BCUT2D eigenvalue weighted by atomic mass is 32.2. The Morgan fingerprint density at radius 2 is 1.88 bits per heavy atom. The molecule has 6 nitrogen and oxygen atoms in total. The Labute approximate surface area is 187 Å². The second kappa shape index (κ2) is 8.90. The number of aliphatic carboxylic acids is 1. The number of halogens is 3. The van der Waals surface area contributed by atoms with Crippen LogP contribution in [-0.4, -0.2) is 69.3 Å². The first kappa shape index (κ1) is 22.8. The van der Waals surface area contributed by atoms with Crippen molar-refractivity contribution in [3.8, 4) is 0 Å². The van der Waals surface area contributed by atoms with E-state index in [2.05, 4.69) is 4.98 Å². The molecule has 2 aliphatic heterocycles. The second-order valence-electron chi connectivity index (χ2n) is 8.45. The largest absolute Gasteiger partial charge is 0.490 e. The zero-order chi connectivity index (χ0) is 22.9. The zero-order valence-electron chi connectivity index (χ0n) is 17.2. The van der Waals surface area contributed by atoms with E-state index in [0.717, 1.165) is 48.7 Å². The number of hydrogen-bond acceptors (Lipinski definition) is 5. The minimum absolute atomic E-state index is 0.0549. The Morgan fingerprint density at radius 3 is 2.53 bits per heavy atom. The Balaban J connectivity index is 0.000000307. The molecule has 3 aliphatic rings. The van der Waals surface area contributed by atoms with Gasteiger partial charge in [0, 0.05) is 30.8 Å². The van der Waals surface area contributed by atoms with Crippen LogP contribution < -0.4 is 0 Å². The lowest BCUT2D eigenvalue weighted by atomic mass is 9.92. The predicted octanol–water partition coefficient (Wildman–Crippen LogP) is 3.99. The number of pyridine rings is 1. The molecule has 0 bridgehead atoms. The van der Waals surface area contributed by atoms with Crippen LogP contribution in [0.15, 0.2) is 36.4 Å². The van der Waals surface area contributed by atoms with Gasteiger partial charge in [-0.15, -0.1) is 11.8 Å². The zero-order valence-corrected chi connectivity index (χ0v) is 18.0.